The summed E-state index contributed by atoms with van der Waals surface area (Å²) in [5.41, 5.74) is 9.92. The number of benzene rings is 2. The van der Waals surface area contributed by atoms with Gasteiger partial charge in [-0.3, -0.25) is 45.2 Å². The first-order valence-corrected chi connectivity index (χ1v) is 13.1. The Bertz CT molecular complexity index is 1520. The summed E-state index contributed by atoms with van der Waals surface area (Å²) in [6.45, 7) is 8.19. The second kappa shape index (κ2) is 11.7. The van der Waals surface area contributed by atoms with Gasteiger partial charge in [-0.1, -0.05) is 18.2 Å². The van der Waals surface area contributed by atoms with Crippen LogP contribution in [0, 0.1) is 27.7 Å². The first kappa shape index (κ1) is 29.1. The van der Waals surface area contributed by atoms with Gasteiger partial charge in [0.25, 0.3) is 11.8 Å². The van der Waals surface area contributed by atoms with Gasteiger partial charge in [-0.05, 0) is 97.5 Å². The molecule has 2 aromatic rings. The molecule has 0 saturated carbocycles. The van der Waals surface area contributed by atoms with Crippen molar-refractivity contribution in [2.75, 3.05) is 0 Å². The number of nitrogens with one attached hydrogen (secondary N) is 4. The summed E-state index contributed by atoms with van der Waals surface area (Å²) >= 11 is 0. The molecule has 2 aliphatic carbocycles. The number of imide groups is 4. The number of fused-ring (bicyclic) bond motifs is 2. The van der Waals surface area contributed by atoms with E-state index in [1.807, 2.05) is 36.6 Å². The van der Waals surface area contributed by atoms with Crippen molar-refractivity contribution in [1.82, 2.24) is 21.3 Å². The molecule has 2 aliphatic heterocycles. The fourth-order valence-electron chi connectivity index (χ4n) is 5.00. The average molecular weight is 559 g/mol. The van der Waals surface area contributed by atoms with Crippen molar-refractivity contribution in [3.63, 3.8) is 0 Å². The van der Waals surface area contributed by atoms with E-state index in [-0.39, 0.29) is 12.0 Å². The average Bonchev–Trinajstić information content (AvgIpc) is 3.42. The summed E-state index contributed by atoms with van der Waals surface area (Å²) in [7, 11) is 0. The highest BCUT2D eigenvalue weighted by atomic mass is 16.2. The minimum Gasteiger partial charge on any atom is -0.294 e. The van der Waals surface area contributed by atoms with E-state index in [1.165, 1.54) is 22.3 Å². The Morgan fingerprint density at radius 2 is 0.951 bits per heavy atom. The molecule has 0 aromatic heterocycles. The second-order valence-corrected chi connectivity index (χ2v) is 10.3. The van der Waals surface area contributed by atoms with Crippen LogP contribution >= 0.6 is 0 Å². The Morgan fingerprint density at radius 1 is 0.512 bits per heavy atom. The highest BCUT2D eigenvalue weighted by Gasteiger charge is 2.33. The van der Waals surface area contributed by atoms with Crippen LogP contribution in [-0.4, -0.2) is 41.5 Å². The van der Waals surface area contributed by atoms with Crippen LogP contribution in [0.25, 0.3) is 5.57 Å². The quantitative estimate of drug-likeness (QED) is 0.219. The van der Waals surface area contributed by atoms with Crippen LogP contribution in [0.3, 0.4) is 0 Å². The lowest BCUT2D eigenvalue weighted by Gasteiger charge is -2.17. The van der Waals surface area contributed by atoms with Crippen molar-refractivity contribution >= 4 is 47.0 Å². The Hall–Kier alpha value is -4.93. The number of barbiturate groups is 2. The first-order chi connectivity index (χ1) is 19.3. The van der Waals surface area contributed by atoms with Gasteiger partial charge in [-0.25, -0.2) is 9.59 Å². The number of rotatable bonds is 0. The van der Waals surface area contributed by atoms with Gasteiger partial charge in [0.15, 0.2) is 5.78 Å². The molecule has 11 heteroatoms. The molecule has 8 amide bonds. The van der Waals surface area contributed by atoms with Crippen molar-refractivity contribution in [3.05, 3.63) is 74.3 Å². The third-order valence-electron chi connectivity index (χ3n) is 7.37. The van der Waals surface area contributed by atoms with Gasteiger partial charge in [0, 0.05) is 12.0 Å². The maximum Gasteiger partial charge on any atom is 0.328 e. The fraction of sp³-hybridized carbons (Fsp3) is 0.300. The Labute approximate surface area is 236 Å². The lowest BCUT2D eigenvalue weighted by Crippen LogP contribution is -2.51. The van der Waals surface area contributed by atoms with Gasteiger partial charge in [0.1, 0.15) is 12.0 Å². The predicted molar refractivity (Wildman–Crippen MR) is 148 cm³/mol. The highest BCUT2D eigenvalue weighted by Crippen LogP contribution is 2.36. The van der Waals surface area contributed by atoms with Gasteiger partial charge in [-0.2, -0.15) is 0 Å². The van der Waals surface area contributed by atoms with Crippen LogP contribution in [-0.2, 0) is 32.0 Å². The molecule has 0 atom stereocenters. The summed E-state index contributed by atoms with van der Waals surface area (Å²) in [5.74, 6) is -2.01. The van der Waals surface area contributed by atoms with Gasteiger partial charge in [0.05, 0.1) is 0 Å². The first-order valence-electron chi connectivity index (χ1n) is 13.1. The van der Waals surface area contributed by atoms with Crippen LogP contribution in [0.1, 0.15) is 68.6 Å². The van der Waals surface area contributed by atoms with Gasteiger partial charge in [-0.15, -0.1) is 0 Å². The third kappa shape index (κ3) is 6.46. The molecule has 4 aliphatic rings. The number of hydrogen-bond acceptors (Lipinski definition) is 7. The van der Waals surface area contributed by atoms with Crippen molar-refractivity contribution in [3.8, 4) is 0 Å². The van der Waals surface area contributed by atoms with Gasteiger partial charge in [0.2, 0.25) is 11.8 Å². The maximum atomic E-state index is 11.9. The normalized spacial score (nSPS) is 17.3. The molecule has 0 bridgehead atoms. The molecule has 0 unspecified atom stereocenters. The molecule has 41 heavy (non-hydrogen) atoms. The number of urea groups is 2. The van der Waals surface area contributed by atoms with E-state index in [0.29, 0.717) is 18.6 Å². The minimum atomic E-state index is -0.761. The van der Waals surface area contributed by atoms with Crippen LogP contribution < -0.4 is 21.3 Å². The van der Waals surface area contributed by atoms with E-state index in [4.69, 9.17) is 0 Å². The predicted octanol–water partition coefficient (Wildman–Crippen LogP) is 2.54. The minimum absolute atomic E-state index is 0.0617. The summed E-state index contributed by atoms with van der Waals surface area (Å²) in [6, 6.07) is 6.79. The zero-order valence-electron chi connectivity index (χ0n) is 23.2. The van der Waals surface area contributed by atoms with E-state index in [2.05, 4.69) is 36.6 Å². The van der Waals surface area contributed by atoms with Crippen molar-refractivity contribution in [2.45, 2.75) is 59.8 Å². The second-order valence-electron chi connectivity index (χ2n) is 10.3. The standard InChI is InChI=1S/C15H14N2O3.C11H12O.C4H4N2O3/c1-7-5-9-3-4-10(11(9)6-8(7)2)12-13(18)16-15(20)17-14(12)19;1-7-5-9-3-4-11(12)10(9)6-8(7)2;7-2-1-3(8)6-4(9)5-2/h5-6H,3-4H2,1-2H3,(H2,16,17,18,19,20);5-6H,3-4H2,1-2H3;1H2,(H2,5,6,7,8,9). The van der Waals surface area contributed by atoms with Gasteiger partial charge < -0.3 is 0 Å². The maximum absolute atomic E-state index is 11.9. The number of allylic oxidation sites excluding steroid dienone is 1. The molecule has 0 radical (unpaired) electrons. The number of carbonyl (C=O) groups excluding carboxylic acids is 7. The monoisotopic (exact) mass is 558 g/mol. The van der Waals surface area contributed by atoms with Crippen LogP contribution in [0.4, 0.5) is 9.59 Å². The zero-order chi connectivity index (χ0) is 30.0. The molecule has 4 N–H and O–H groups in total. The fourth-order valence-corrected chi connectivity index (χ4v) is 5.00. The van der Waals surface area contributed by atoms with Crippen molar-refractivity contribution in [2.24, 2.45) is 0 Å². The Morgan fingerprint density at radius 3 is 1.49 bits per heavy atom. The lowest BCUT2D eigenvalue weighted by atomic mass is 9.96. The third-order valence-corrected chi connectivity index (χ3v) is 7.37. The molecule has 212 valence electrons. The summed E-state index contributed by atoms with van der Waals surface area (Å²) in [6.07, 6.45) is 2.84. The van der Waals surface area contributed by atoms with Crippen molar-refractivity contribution < 1.29 is 33.6 Å². The van der Waals surface area contributed by atoms with E-state index < -0.39 is 35.7 Å². The Balaban J connectivity index is 0.000000156. The molecular weight excluding hydrogens is 528 g/mol. The van der Waals surface area contributed by atoms with Crippen molar-refractivity contribution in [1.29, 1.82) is 0 Å². The van der Waals surface area contributed by atoms with Crippen LogP contribution in [0.2, 0.25) is 0 Å². The van der Waals surface area contributed by atoms with Gasteiger partial charge >= 0.3 is 12.1 Å². The molecule has 2 heterocycles. The number of Topliss-reactive ketones (excluding diaryl/α,β-unsaturated/α-hetero) is 1. The zero-order valence-corrected chi connectivity index (χ0v) is 23.2. The SMILES string of the molecule is Cc1cc2c(cc1C)C(=C1C(=O)NC(=O)NC1=O)CC2.Cc1cc2c(cc1C)C(=O)CC2.O=C1CC(=O)NC(=O)N1. The summed E-state index contributed by atoms with van der Waals surface area (Å²) < 4.78 is 0. The largest absolute Gasteiger partial charge is 0.328 e. The van der Waals surface area contributed by atoms with E-state index in [0.717, 1.165) is 40.7 Å². The highest BCUT2D eigenvalue weighted by molar-refractivity contribution is 6.32. The number of ketones is 1. The molecule has 2 fully saturated rings. The summed E-state index contributed by atoms with van der Waals surface area (Å²) in [5, 5.41) is 8.05. The summed E-state index contributed by atoms with van der Waals surface area (Å²) in [4.78, 5) is 77.1. The molecular formula is C30H30N4O7. The Kier molecular flexibility index (Phi) is 8.27. The number of aryl methyl sites for hydroxylation is 6. The van der Waals surface area contributed by atoms with E-state index in [1.54, 1.807) is 0 Å². The van der Waals surface area contributed by atoms with Crippen LogP contribution in [0.5, 0.6) is 0 Å². The number of hydrogen-bond donors (Lipinski definition) is 4. The topological polar surface area (TPSA) is 168 Å². The number of amides is 8. The molecule has 6 rings (SSSR count). The van der Waals surface area contributed by atoms with E-state index in [9.17, 15) is 33.6 Å². The molecule has 2 aromatic carbocycles. The number of carbonyl (C=O) groups is 7. The molecule has 0 spiro atoms. The molecule has 2 saturated heterocycles. The van der Waals surface area contributed by atoms with E-state index >= 15 is 0 Å². The smallest absolute Gasteiger partial charge is 0.294 e. The van der Waals surface area contributed by atoms with Crippen LogP contribution in [0.15, 0.2) is 29.8 Å². The lowest BCUT2D eigenvalue weighted by molar-refractivity contribution is -0.130. The molecule has 11 nitrogen and oxygen atoms in total.